The lowest BCUT2D eigenvalue weighted by Gasteiger charge is -2.31. The molecule has 2 heterocycles. The van der Waals surface area contributed by atoms with E-state index in [9.17, 15) is 39.6 Å². The third-order valence-corrected chi connectivity index (χ3v) is 7.67. The lowest BCUT2D eigenvalue weighted by Crippen LogP contribution is -2.39. The fourth-order valence-electron chi connectivity index (χ4n) is 3.56. The first kappa shape index (κ1) is 27.7. The van der Waals surface area contributed by atoms with E-state index >= 15 is 0 Å². The molecule has 4 rings (SSSR count). The molecule has 1 aliphatic rings. The highest BCUT2D eigenvalue weighted by Gasteiger charge is 2.46. The van der Waals surface area contributed by atoms with Gasteiger partial charge < -0.3 is 10.2 Å². The van der Waals surface area contributed by atoms with Crippen LogP contribution in [0.2, 0.25) is 0 Å². The Morgan fingerprint density at radius 2 is 1.79 bits per heavy atom. The van der Waals surface area contributed by atoms with Crippen molar-refractivity contribution in [1.29, 1.82) is 0 Å². The molecule has 0 amide bonds. The van der Waals surface area contributed by atoms with Crippen LogP contribution in [0.5, 0.6) is 0 Å². The topological polar surface area (TPSA) is 91.8 Å². The summed E-state index contributed by atoms with van der Waals surface area (Å²) in [6.45, 7) is 1.98. The number of hydrogen-bond acceptors (Lipinski definition) is 8. The van der Waals surface area contributed by atoms with Gasteiger partial charge in [0.1, 0.15) is 17.5 Å². The second-order valence-electron chi connectivity index (χ2n) is 8.10. The molecule has 1 saturated heterocycles. The standard InChI is InChI=1S/C22H18F6N4O4S2/c23-16-4-1-3-13(12-31-6-2-7-31)15(16)11-29-14-9-17(24)20(18(25)10-14)38(34,35)32(19-5-8-37-30-19)36-21(33)22(26,27)28/h1,3-5,8-10,29H,2,6-7,11-12H2. The number of hydrogen-bond donors (Lipinski definition) is 1. The van der Waals surface area contributed by atoms with Crippen LogP contribution >= 0.6 is 11.5 Å². The zero-order chi connectivity index (χ0) is 27.7. The molecule has 1 aliphatic heterocycles. The highest BCUT2D eigenvalue weighted by Crippen LogP contribution is 2.31. The van der Waals surface area contributed by atoms with Crippen molar-refractivity contribution in [3.63, 3.8) is 0 Å². The molecule has 0 bridgehead atoms. The molecule has 1 N–H and O–H groups in total. The van der Waals surface area contributed by atoms with Crippen molar-refractivity contribution in [3.05, 3.63) is 70.4 Å². The number of nitrogens with one attached hydrogen (secondary N) is 1. The maximum absolute atomic E-state index is 14.9. The second kappa shape index (κ2) is 10.8. The van der Waals surface area contributed by atoms with Gasteiger partial charge in [0.25, 0.3) is 0 Å². The molecule has 204 valence electrons. The molecule has 0 aliphatic carbocycles. The summed E-state index contributed by atoms with van der Waals surface area (Å²) in [6, 6.07) is 6.47. The quantitative estimate of drug-likeness (QED) is 0.292. The van der Waals surface area contributed by atoms with Crippen LogP contribution < -0.4 is 9.79 Å². The van der Waals surface area contributed by atoms with Crippen LogP contribution in [0.3, 0.4) is 0 Å². The predicted octanol–water partition coefficient (Wildman–Crippen LogP) is 4.59. The number of aromatic nitrogens is 1. The fraction of sp³-hybridized carbons (Fsp3) is 0.273. The van der Waals surface area contributed by atoms with E-state index in [1.165, 1.54) is 12.1 Å². The average Bonchev–Trinajstić information content (AvgIpc) is 3.32. The lowest BCUT2D eigenvalue weighted by atomic mass is 10.0. The number of likely N-dealkylation sites (tertiary alicyclic amines) is 1. The molecule has 8 nitrogen and oxygen atoms in total. The van der Waals surface area contributed by atoms with E-state index in [1.807, 2.05) is 0 Å². The Bertz CT molecular complexity index is 1410. The highest BCUT2D eigenvalue weighted by atomic mass is 32.2. The second-order valence-corrected chi connectivity index (χ2v) is 10.5. The predicted molar refractivity (Wildman–Crippen MR) is 124 cm³/mol. The molecular formula is C22H18F6N4O4S2. The molecular weight excluding hydrogens is 562 g/mol. The van der Waals surface area contributed by atoms with Crippen molar-refractivity contribution in [1.82, 2.24) is 9.27 Å². The average molecular weight is 581 g/mol. The summed E-state index contributed by atoms with van der Waals surface area (Å²) in [7, 11) is -5.56. The maximum Gasteiger partial charge on any atom is 0.493 e. The number of sulfonamides is 1. The van der Waals surface area contributed by atoms with Crippen LogP contribution in [-0.2, 0) is 32.7 Å². The van der Waals surface area contributed by atoms with Gasteiger partial charge in [0.15, 0.2) is 10.7 Å². The van der Waals surface area contributed by atoms with Gasteiger partial charge in [0.2, 0.25) is 0 Å². The van der Waals surface area contributed by atoms with Crippen molar-refractivity contribution in [2.75, 3.05) is 22.9 Å². The first-order chi connectivity index (χ1) is 17.9. The van der Waals surface area contributed by atoms with Gasteiger partial charge in [-0.1, -0.05) is 16.6 Å². The van der Waals surface area contributed by atoms with Gasteiger partial charge in [0, 0.05) is 29.7 Å². The minimum absolute atomic E-state index is 0.199. The molecule has 0 unspecified atom stereocenters. The summed E-state index contributed by atoms with van der Waals surface area (Å²) in [5.41, 5.74) is 0.623. The van der Waals surface area contributed by atoms with Crippen LogP contribution in [0, 0.1) is 17.5 Å². The van der Waals surface area contributed by atoms with Gasteiger partial charge in [-0.2, -0.15) is 26.0 Å². The molecule has 38 heavy (non-hydrogen) atoms. The van der Waals surface area contributed by atoms with Crippen molar-refractivity contribution in [2.24, 2.45) is 0 Å². The fourth-order valence-corrected chi connectivity index (χ4v) is 5.39. The monoisotopic (exact) mass is 580 g/mol. The minimum Gasteiger partial charge on any atom is -0.381 e. The zero-order valence-electron chi connectivity index (χ0n) is 19.1. The van der Waals surface area contributed by atoms with Crippen LogP contribution in [0.25, 0.3) is 0 Å². The molecule has 2 aromatic carbocycles. The summed E-state index contributed by atoms with van der Waals surface area (Å²) < 4.78 is 111. The number of carbonyl (C=O) groups is 1. The summed E-state index contributed by atoms with van der Waals surface area (Å²) in [5, 5.41) is 3.77. The number of nitrogens with zero attached hydrogens (tertiary/aromatic N) is 3. The Labute approximate surface area is 216 Å². The third kappa shape index (κ3) is 5.86. The van der Waals surface area contributed by atoms with Gasteiger partial charge >= 0.3 is 22.2 Å². The van der Waals surface area contributed by atoms with Gasteiger partial charge in [0.05, 0.1) is 0 Å². The largest absolute Gasteiger partial charge is 0.493 e. The SMILES string of the molecule is O=C(ON(c1ccsn1)S(=O)(=O)c1c(F)cc(NCc2c(F)cccc2CN2CCC2)cc1F)C(F)(F)F. The van der Waals surface area contributed by atoms with Gasteiger partial charge in [-0.25, -0.2) is 18.0 Å². The summed E-state index contributed by atoms with van der Waals surface area (Å²) in [4.78, 5) is 15.7. The zero-order valence-corrected chi connectivity index (χ0v) is 20.8. The number of carbonyl (C=O) groups excluding carboxylic acids is 1. The Morgan fingerprint density at radius 3 is 2.34 bits per heavy atom. The number of benzene rings is 2. The molecule has 0 saturated carbocycles. The van der Waals surface area contributed by atoms with Crippen molar-refractivity contribution < 1.29 is 44.4 Å². The Morgan fingerprint density at radius 1 is 1.11 bits per heavy atom. The molecule has 16 heteroatoms. The van der Waals surface area contributed by atoms with Crippen LogP contribution in [0.4, 0.5) is 37.8 Å². The Balaban J connectivity index is 1.61. The van der Waals surface area contributed by atoms with Crippen molar-refractivity contribution in [3.8, 4) is 0 Å². The van der Waals surface area contributed by atoms with Gasteiger partial charge in [-0.3, -0.25) is 4.90 Å². The van der Waals surface area contributed by atoms with E-state index in [2.05, 4.69) is 19.4 Å². The number of rotatable bonds is 9. The first-order valence-corrected chi connectivity index (χ1v) is 13.1. The molecule has 1 aromatic heterocycles. The van der Waals surface area contributed by atoms with E-state index in [1.54, 1.807) is 6.07 Å². The van der Waals surface area contributed by atoms with E-state index in [0.29, 0.717) is 35.8 Å². The number of anilines is 2. The van der Waals surface area contributed by atoms with Crippen LogP contribution in [-0.4, -0.2) is 42.9 Å². The van der Waals surface area contributed by atoms with E-state index < -0.39 is 54.8 Å². The molecule has 0 radical (unpaired) electrons. The van der Waals surface area contributed by atoms with Gasteiger partial charge in [-0.15, -0.1) is 0 Å². The summed E-state index contributed by atoms with van der Waals surface area (Å²) in [5.74, 6) is -7.74. The van der Waals surface area contributed by atoms with E-state index in [4.69, 9.17) is 0 Å². The summed E-state index contributed by atoms with van der Waals surface area (Å²) >= 11 is 0.580. The molecule has 0 atom stereocenters. The first-order valence-electron chi connectivity index (χ1n) is 10.8. The van der Waals surface area contributed by atoms with Gasteiger partial charge in [-0.05, 0) is 60.9 Å². The highest BCUT2D eigenvalue weighted by molar-refractivity contribution is 7.92. The van der Waals surface area contributed by atoms with E-state index in [0.717, 1.165) is 31.0 Å². The summed E-state index contributed by atoms with van der Waals surface area (Å²) in [6.07, 6.45) is -4.60. The molecule has 1 fully saturated rings. The van der Waals surface area contributed by atoms with E-state index in [-0.39, 0.29) is 17.8 Å². The third-order valence-electron chi connectivity index (χ3n) is 5.51. The Hall–Kier alpha value is -3.37. The maximum atomic E-state index is 14.9. The van der Waals surface area contributed by atoms with Crippen molar-refractivity contribution >= 4 is 39.0 Å². The number of alkyl halides is 3. The Kier molecular flexibility index (Phi) is 7.85. The molecule has 0 spiro atoms. The number of halogens is 6. The van der Waals surface area contributed by atoms with Crippen molar-refractivity contribution in [2.45, 2.75) is 30.6 Å². The van der Waals surface area contributed by atoms with Crippen LogP contribution in [0.1, 0.15) is 17.5 Å². The normalized spacial score (nSPS) is 14.2. The van der Waals surface area contributed by atoms with Crippen LogP contribution in [0.15, 0.2) is 46.7 Å². The minimum atomic E-state index is -5.62. The lowest BCUT2D eigenvalue weighted by molar-refractivity contribution is -0.199. The smallest absolute Gasteiger partial charge is 0.381 e. The molecule has 3 aromatic rings.